The van der Waals surface area contributed by atoms with Crippen molar-refractivity contribution in [3.8, 4) is 44.9 Å². The Kier molecular flexibility index (Phi) is 14.7. The number of furan rings is 2. The van der Waals surface area contributed by atoms with Gasteiger partial charge in [-0.1, -0.05) is 159 Å². The Hall–Kier alpha value is -3.44. The molecule has 0 saturated heterocycles. The van der Waals surface area contributed by atoms with Gasteiger partial charge < -0.3 is 33.6 Å². The fraction of sp³-hybridized carbons (Fsp3) is 0.208. The zero-order chi connectivity index (χ0) is 36.6. The minimum absolute atomic E-state index is 0. The maximum Gasteiger partial charge on any atom is 4.00 e. The minimum atomic E-state index is -1.26. The standard InChI is InChI=1S/2C24H25OSi.2ClH.Zr/c2*1-5-20-11-14-24(25-20)19-15-18-7-6-8-22(23(18)16-19)17-9-12-21(13-10-17)26(2,3)4;;;/h2*6-16H,5H2,1-4H3;2*1H;/q2*-1;;;+4/p-2. The van der Waals surface area contributed by atoms with E-state index in [-0.39, 0.29) is 51.0 Å². The molecule has 0 spiro atoms. The molecule has 0 bridgehead atoms. The van der Waals surface area contributed by atoms with Crippen molar-refractivity contribution in [2.45, 2.75) is 66.0 Å². The molecule has 0 N–H and O–H groups in total. The second-order valence-electron chi connectivity index (χ2n) is 16.0. The first kappa shape index (κ1) is 44.3. The molecule has 55 heavy (non-hydrogen) atoms. The van der Waals surface area contributed by atoms with Crippen LogP contribution in [0, 0.1) is 0 Å². The summed E-state index contributed by atoms with van der Waals surface area (Å²) in [6.45, 7) is 18.6. The van der Waals surface area contributed by atoms with Gasteiger partial charge in [0, 0.05) is 12.8 Å². The summed E-state index contributed by atoms with van der Waals surface area (Å²) >= 11 is 0. The van der Waals surface area contributed by atoms with Crippen LogP contribution in [0.3, 0.4) is 0 Å². The fourth-order valence-corrected chi connectivity index (χ4v) is 9.34. The second kappa shape index (κ2) is 18.2. The van der Waals surface area contributed by atoms with Crippen LogP contribution >= 0.6 is 0 Å². The van der Waals surface area contributed by atoms with Crippen molar-refractivity contribution >= 4 is 48.1 Å². The molecule has 8 rings (SSSR count). The molecule has 0 saturated carbocycles. The van der Waals surface area contributed by atoms with Gasteiger partial charge >= 0.3 is 26.2 Å². The molecule has 0 unspecified atom stereocenters. The van der Waals surface area contributed by atoms with Crippen molar-refractivity contribution in [2.75, 3.05) is 0 Å². The SMILES string of the molecule is CCc1ccc(-c2cc3c(-c4ccc([Si](C)(C)C)cc4)cccc3[cH-]2)o1.CCc1ccc(-c2cc3c(-c4ccc([Si](C)(C)C)cc4)cccc3[cH-]2)o1.[Cl-].[Cl-].[Zr+4]. The van der Waals surface area contributed by atoms with Crippen LogP contribution in [0.5, 0.6) is 0 Å². The molecule has 0 amide bonds. The van der Waals surface area contributed by atoms with Crippen molar-refractivity contribution in [3.05, 3.63) is 145 Å². The molecule has 8 aromatic rings. The molecule has 2 heterocycles. The van der Waals surface area contributed by atoms with Crippen LogP contribution in [0.15, 0.2) is 142 Å². The van der Waals surface area contributed by atoms with Gasteiger partial charge in [-0.05, 0) is 35.4 Å². The van der Waals surface area contributed by atoms with Gasteiger partial charge in [0.25, 0.3) is 0 Å². The molecular formula is C48H50Cl2O2Si2Zr. The Morgan fingerprint density at radius 2 is 0.836 bits per heavy atom. The van der Waals surface area contributed by atoms with E-state index in [0.717, 1.165) is 47.0 Å². The van der Waals surface area contributed by atoms with Crippen molar-refractivity contribution in [1.82, 2.24) is 0 Å². The first-order valence-corrected chi connectivity index (χ1v) is 25.7. The Bertz CT molecular complexity index is 2280. The average molecular weight is 877 g/mol. The number of hydrogen-bond acceptors (Lipinski definition) is 2. The van der Waals surface area contributed by atoms with E-state index in [1.807, 2.05) is 0 Å². The zero-order valence-electron chi connectivity index (χ0n) is 33.2. The molecule has 0 aliphatic rings. The van der Waals surface area contributed by atoms with Gasteiger partial charge in [0.05, 0.1) is 39.2 Å². The third-order valence-electron chi connectivity index (χ3n) is 10.2. The van der Waals surface area contributed by atoms with Gasteiger partial charge in [0.15, 0.2) is 0 Å². The normalized spacial score (nSPS) is 11.3. The Labute approximate surface area is 361 Å². The van der Waals surface area contributed by atoms with Gasteiger partial charge in [-0.15, -0.1) is 57.9 Å². The van der Waals surface area contributed by atoms with E-state index in [1.165, 1.54) is 54.2 Å². The van der Waals surface area contributed by atoms with Gasteiger partial charge in [0.1, 0.15) is 0 Å². The number of aryl methyl sites for hydroxylation is 2. The summed E-state index contributed by atoms with van der Waals surface area (Å²) in [4.78, 5) is 0. The van der Waals surface area contributed by atoms with E-state index in [1.54, 1.807) is 0 Å². The number of fused-ring (bicyclic) bond motifs is 2. The van der Waals surface area contributed by atoms with Gasteiger partial charge in [-0.25, -0.2) is 0 Å². The number of benzene rings is 4. The van der Waals surface area contributed by atoms with E-state index in [0.29, 0.717) is 0 Å². The predicted octanol–water partition coefficient (Wildman–Crippen LogP) is 7.19. The molecule has 0 fully saturated rings. The summed E-state index contributed by atoms with van der Waals surface area (Å²) in [5.74, 6) is 3.98. The molecule has 2 aromatic heterocycles. The smallest absolute Gasteiger partial charge is 1.00 e. The summed E-state index contributed by atoms with van der Waals surface area (Å²) in [5, 5.41) is 8.11. The molecule has 0 aliphatic heterocycles. The predicted molar refractivity (Wildman–Crippen MR) is 230 cm³/mol. The quantitative estimate of drug-likeness (QED) is 0.120. The minimum Gasteiger partial charge on any atom is -1.00 e. The molecule has 7 heteroatoms. The first-order chi connectivity index (χ1) is 24.9. The third kappa shape index (κ3) is 9.75. The summed E-state index contributed by atoms with van der Waals surface area (Å²) in [6, 6.07) is 48.7. The van der Waals surface area contributed by atoms with E-state index in [4.69, 9.17) is 8.83 Å². The summed E-state index contributed by atoms with van der Waals surface area (Å²) in [5.41, 5.74) is 7.46. The molecule has 0 atom stereocenters. The van der Waals surface area contributed by atoms with Gasteiger partial charge in [-0.2, -0.15) is 0 Å². The summed E-state index contributed by atoms with van der Waals surface area (Å²) in [7, 11) is -2.53. The van der Waals surface area contributed by atoms with E-state index in [2.05, 4.69) is 187 Å². The largest absolute Gasteiger partial charge is 4.00 e. The van der Waals surface area contributed by atoms with Crippen molar-refractivity contribution in [2.24, 2.45) is 0 Å². The van der Waals surface area contributed by atoms with Crippen molar-refractivity contribution < 1.29 is 59.9 Å². The van der Waals surface area contributed by atoms with Gasteiger partial charge in [-0.3, -0.25) is 0 Å². The van der Waals surface area contributed by atoms with E-state index in [9.17, 15) is 0 Å². The van der Waals surface area contributed by atoms with Gasteiger partial charge in [0.2, 0.25) is 0 Å². The first-order valence-electron chi connectivity index (χ1n) is 18.7. The van der Waals surface area contributed by atoms with Crippen molar-refractivity contribution in [1.29, 1.82) is 0 Å². The van der Waals surface area contributed by atoms with Crippen LogP contribution in [-0.2, 0) is 39.0 Å². The third-order valence-corrected chi connectivity index (χ3v) is 14.3. The van der Waals surface area contributed by atoms with Crippen molar-refractivity contribution in [3.63, 3.8) is 0 Å². The van der Waals surface area contributed by atoms with E-state index < -0.39 is 16.1 Å². The molecule has 2 nitrogen and oxygen atoms in total. The summed E-state index contributed by atoms with van der Waals surface area (Å²) < 4.78 is 11.9. The molecule has 280 valence electrons. The number of rotatable bonds is 8. The molecular weight excluding hydrogens is 827 g/mol. The van der Waals surface area contributed by atoms with Crippen LogP contribution in [0.4, 0.5) is 0 Å². The van der Waals surface area contributed by atoms with Crippen LogP contribution < -0.4 is 35.2 Å². The Morgan fingerprint density at radius 3 is 1.15 bits per heavy atom. The maximum absolute atomic E-state index is 5.95. The topological polar surface area (TPSA) is 26.3 Å². The molecule has 6 aromatic carbocycles. The fourth-order valence-electron chi connectivity index (χ4n) is 7.00. The Balaban J connectivity index is 0.000000232. The number of hydrogen-bond donors (Lipinski definition) is 0. The van der Waals surface area contributed by atoms with Crippen LogP contribution in [0.25, 0.3) is 66.4 Å². The number of halogens is 2. The maximum atomic E-state index is 5.95. The Morgan fingerprint density at radius 1 is 0.473 bits per heavy atom. The summed E-state index contributed by atoms with van der Waals surface area (Å²) in [6.07, 6.45) is 1.85. The van der Waals surface area contributed by atoms with E-state index >= 15 is 0 Å². The average Bonchev–Trinajstić information content (AvgIpc) is 3.96. The van der Waals surface area contributed by atoms with Crippen LogP contribution in [-0.4, -0.2) is 16.1 Å². The second-order valence-corrected chi connectivity index (χ2v) is 26.2. The molecule has 0 aliphatic carbocycles. The molecule has 0 radical (unpaired) electrons. The van der Waals surface area contributed by atoms with Crippen LogP contribution in [0.1, 0.15) is 25.4 Å². The zero-order valence-corrected chi connectivity index (χ0v) is 39.2. The monoisotopic (exact) mass is 874 g/mol. The van der Waals surface area contributed by atoms with Crippen LogP contribution in [0.2, 0.25) is 39.3 Å².